The van der Waals surface area contributed by atoms with Crippen molar-refractivity contribution in [3.63, 3.8) is 0 Å². The van der Waals surface area contributed by atoms with Gasteiger partial charge in [0.1, 0.15) is 11.5 Å². The minimum absolute atomic E-state index is 0.776. The van der Waals surface area contributed by atoms with E-state index >= 15 is 0 Å². The van der Waals surface area contributed by atoms with Crippen molar-refractivity contribution < 1.29 is 4.42 Å². The van der Waals surface area contributed by atoms with E-state index in [9.17, 15) is 0 Å². The number of aromatic nitrogens is 1. The summed E-state index contributed by atoms with van der Waals surface area (Å²) in [6.45, 7) is 7.66. The van der Waals surface area contributed by atoms with Crippen molar-refractivity contribution in [3.8, 4) is 0 Å². The van der Waals surface area contributed by atoms with Crippen LogP contribution in [0.15, 0.2) is 34.9 Å². The van der Waals surface area contributed by atoms with Crippen LogP contribution in [-0.4, -0.2) is 23.5 Å². The molecule has 0 saturated heterocycles. The van der Waals surface area contributed by atoms with Crippen molar-refractivity contribution in [1.29, 1.82) is 0 Å². The fourth-order valence-corrected chi connectivity index (χ4v) is 2.22. The second-order valence-corrected chi connectivity index (χ2v) is 4.97. The molecule has 0 saturated carbocycles. The molecule has 108 valence electrons. The maximum Gasteiger partial charge on any atom is 0.120 e. The molecule has 0 bridgehead atoms. The summed E-state index contributed by atoms with van der Waals surface area (Å²) in [7, 11) is 1.93. The van der Waals surface area contributed by atoms with Gasteiger partial charge in [-0.2, -0.15) is 0 Å². The fraction of sp³-hybridized carbons (Fsp3) is 0.438. The lowest BCUT2D eigenvalue weighted by molar-refractivity contribution is 0.242. The maximum absolute atomic E-state index is 5.90. The number of nitrogens with one attached hydrogen (secondary N) is 1. The van der Waals surface area contributed by atoms with Crippen molar-refractivity contribution in [2.45, 2.75) is 33.5 Å². The first-order valence-electron chi connectivity index (χ1n) is 7.08. The van der Waals surface area contributed by atoms with Crippen LogP contribution in [0.2, 0.25) is 0 Å². The smallest absolute Gasteiger partial charge is 0.120 e. The number of furan rings is 1. The van der Waals surface area contributed by atoms with Crippen LogP contribution < -0.4 is 5.32 Å². The van der Waals surface area contributed by atoms with Crippen molar-refractivity contribution in [1.82, 2.24) is 15.2 Å². The number of pyridine rings is 1. The largest absolute Gasteiger partial charge is 0.463 e. The molecule has 0 unspecified atom stereocenters. The Labute approximate surface area is 120 Å². The first-order valence-corrected chi connectivity index (χ1v) is 7.08. The molecular weight excluding hydrogens is 250 g/mol. The van der Waals surface area contributed by atoms with E-state index in [-0.39, 0.29) is 0 Å². The van der Waals surface area contributed by atoms with Crippen molar-refractivity contribution in [2.24, 2.45) is 0 Å². The third-order valence-corrected chi connectivity index (χ3v) is 3.35. The minimum atomic E-state index is 0.776. The molecule has 0 aromatic carbocycles. The van der Waals surface area contributed by atoms with Crippen LogP contribution >= 0.6 is 0 Å². The Hall–Kier alpha value is -1.65. The third kappa shape index (κ3) is 3.92. The molecular formula is C16H23N3O. The second kappa shape index (κ2) is 7.22. The SMILES string of the molecule is CCN(Cc1ccccn1)Cc1cc(C)c(CNC)o1. The Morgan fingerprint density at radius 1 is 1.30 bits per heavy atom. The lowest BCUT2D eigenvalue weighted by Crippen LogP contribution is -2.22. The molecule has 1 N–H and O–H groups in total. The van der Waals surface area contributed by atoms with Gasteiger partial charge in [0.05, 0.1) is 18.8 Å². The van der Waals surface area contributed by atoms with Gasteiger partial charge in [-0.1, -0.05) is 13.0 Å². The van der Waals surface area contributed by atoms with Crippen LogP contribution in [0.25, 0.3) is 0 Å². The van der Waals surface area contributed by atoms with Crippen LogP contribution in [0.4, 0.5) is 0 Å². The van der Waals surface area contributed by atoms with Gasteiger partial charge in [0.2, 0.25) is 0 Å². The number of nitrogens with zero attached hydrogens (tertiary/aromatic N) is 2. The third-order valence-electron chi connectivity index (χ3n) is 3.35. The summed E-state index contributed by atoms with van der Waals surface area (Å²) in [5, 5.41) is 3.13. The fourth-order valence-electron chi connectivity index (χ4n) is 2.22. The van der Waals surface area contributed by atoms with Gasteiger partial charge in [0.25, 0.3) is 0 Å². The quantitative estimate of drug-likeness (QED) is 0.842. The van der Waals surface area contributed by atoms with Gasteiger partial charge in [-0.3, -0.25) is 9.88 Å². The van der Waals surface area contributed by atoms with Crippen molar-refractivity contribution in [2.75, 3.05) is 13.6 Å². The predicted octanol–water partition coefficient (Wildman–Crippen LogP) is 2.72. The molecule has 20 heavy (non-hydrogen) atoms. The van der Waals surface area contributed by atoms with E-state index in [0.29, 0.717) is 0 Å². The summed E-state index contributed by atoms with van der Waals surface area (Å²) in [5.41, 5.74) is 2.30. The highest BCUT2D eigenvalue weighted by atomic mass is 16.3. The summed E-state index contributed by atoms with van der Waals surface area (Å²) >= 11 is 0. The van der Waals surface area contributed by atoms with E-state index in [1.807, 2.05) is 25.4 Å². The summed E-state index contributed by atoms with van der Waals surface area (Å²) in [6.07, 6.45) is 1.84. The topological polar surface area (TPSA) is 41.3 Å². The molecule has 0 amide bonds. The zero-order chi connectivity index (χ0) is 14.4. The second-order valence-electron chi connectivity index (χ2n) is 4.97. The van der Waals surface area contributed by atoms with Crippen LogP contribution in [0.1, 0.15) is 29.7 Å². The maximum atomic E-state index is 5.90. The van der Waals surface area contributed by atoms with Crippen LogP contribution in [0.5, 0.6) is 0 Å². The number of hydrogen-bond acceptors (Lipinski definition) is 4. The van der Waals surface area contributed by atoms with Crippen LogP contribution in [0, 0.1) is 6.92 Å². The van der Waals surface area contributed by atoms with E-state index in [1.165, 1.54) is 5.56 Å². The molecule has 2 rings (SSSR count). The highest BCUT2D eigenvalue weighted by molar-refractivity contribution is 5.20. The van der Waals surface area contributed by atoms with Gasteiger partial charge < -0.3 is 9.73 Å². The molecule has 4 heteroatoms. The van der Waals surface area contributed by atoms with Crippen molar-refractivity contribution >= 4 is 0 Å². The molecule has 2 aromatic heterocycles. The minimum Gasteiger partial charge on any atom is -0.463 e. The summed E-state index contributed by atoms with van der Waals surface area (Å²) in [5.74, 6) is 2.04. The van der Waals surface area contributed by atoms with E-state index in [4.69, 9.17) is 4.42 Å². The molecule has 0 atom stereocenters. The molecule has 0 fully saturated rings. The molecule has 0 aliphatic heterocycles. The average Bonchev–Trinajstić information content (AvgIpc) is 2.80. The Bertz CT molecular complexity index is 522. The van der Waals surface area contributed by atoms with Crippen LogP contribution in [-0.2, 0) is 19.6 Å². The van der Waals surface area contributed by atoms with Gasteiger partial charge >= 0.3 is 0 Å². The molecule has 0 radical (unpaired) electrons. The number of aryl methyl sites for hydroxylation is 1. The van der Waals surface area contributed by atoms with Crippen molar-refractivity contribution in [3.05, 3.63) is 53.2 Å². The average molecular weight is 273 g/mol. The summed E-state index contributed by atoms with van der Waals surface area (Å²) in [6, 6.07) is 8.16. The molecule has 2 aromatic rings. The first-order chi connectivity index (χ1) is 9.72. The lowest BCUT2D eigenvalue weighted by atomic mass is 10.2. The number of rotatable bonds is 7. The molecule has 0 aliphatic carbocycles. The Morgan fingerprint density at radius 2 is 2.15 bits per heavy atom. The van der Waals surface area contributed by atoms with Gasteiger partial charge in [-0.15, -0.1) is 0 Å². The molecule has 4 nitrogen and oxygen atoms in total. The van der Waals surface area contributed by atoms with Crippen LogP contribution in [0.3, 0.4) is 0 Å². The zero-order valence-corrected chi connectivity index (χ0v) is 12.5. The predicted molar refractivity (Wildman–Crippen MR) is 80.2 cm³/mol. The van der Waals surface area contributed by atoms with E-state index in [2.05, 4.69) is 41.2 Å². The summed E-state index contributed by atoms with van der Waals surface area (Å²) < 4.78 is 5.90. The Balaban J connectivity index is 2.01. The van der Waals surface area contributed by atoms with Gasteiger partial charge in [-0.05, 0) is 44.3 Å². The number of hydrogen-bond donors (Lipinski definition) is 1. The van der Waals surface area contributed by atoms with E-state index in [0.717, 1.165) is 43.4 Å². The normalized spacial score (nSPS) is 11.2. The van der Waals surface area contributed by atoms with Gasteiger partial charge in [-0.25, -0.2) is 0 Å². The van der Waals surface area contributed by atoms with E-state index < -0.39 is 0 Å². The lowest BCUT2D eigenvalue weighted by Gasteiger charge is -2.18. The standard InChI is InChI=1S/C16H23N3O/c1-4-19(11-14-7-5-6-8-18-14)12-15-9-13(2)16(20-15)10-17-3/h5-9,17H,4,10-12H2,1-3H3. The Kier molecular flexibility index (Phi) is 5.32. The van der Waals surface area contributed by atoms with Gasteiger partial charge in [0.15, 0.2) is 0 Å². The monoisotopic (exact) mass is 273 g/mol. The highest BCUT2D eigenvalue weighted by Crippen LogP contribution is 2.17. The van der Waals surface area contributed by atoms with Gasteiger partial charge in [0, 0.05) is 12.7 Å². The first kappa shape index (κ1) is 14.8. The van der Waals surface area contributed by atoms with E-state index in [1.54, 1.807) is 0 Å². The molecule has 2 heterocycles. The Morgan fingerprint density at radius 3 is 2.80 bits per heavy atom. The highest BCUT2D eigenvalue weighted by Gasteiger charge is 2.11. The summed E-state index contributed by atoms with van der Waals surface area (Å²) in [4.78, 5) is 6.70. The molecule has 0 aliphatic rings. The molecule has 0 spiro atoms. The zero-order valence-electron chi connectivity index (χ0n) is 12.5.